The van der Waals surface area contributed by atoms with E-state index >= 15 is 0 Å². The van der Waals surface area contributed by atoms with E-state index in [2.05, 4.69) is 12.1 Å². The lowest BCUT2D eigenvalue weighted by Gasteiger charge is -2.11. The maximum absolute atomic E-state index is 6.35. The molecule has 1 aromatic heterocycles. The van der Waals surface area contributed by atoms with E-state index in [0.717, 1.165) is 16.1 Å². The van der Waals surface area contributed by atoms with E-state index in [1.165, 1.54) is 34.6 Å². The van der Waals surface area contributed by atoms with Gasteiger partial charge in [-0.25, -0.2) is 0 Å². The smallest absolute Gasteiger partial charge is 0.0646 e. The molecule has 0 fully saturated rings. The number of fused-ring (bicyclic) bond motifs is 1. The van der Waals surface area contributed by atoms with Gasteiger partial charge in [0.05, 0.1) is 6.04 Å². The molecule has 0 spiro atoms. The van der Waals surface area contributed by atoms with Crippen LogP contribution in [-0.2, 0) is 12.8 Å². The Kier molecular flexibility index (Phi) is 3.18. The molecule has 1 heterocycles. The van der Waals surface area contributed by atoms with E-state index in [1.54, 1.807) is 0 Å². The summed E-state index contributed by atoms with van der Waals surface area (Å²) in [7, 11) is 0. The first-order chi connectivity index (χ1) is 8.65. The lowest BCUT2D eigenvalue weighted by atomic mass is 10.0. The normalized spacial score (nSPS) is 15.7. The number of hydrogen-bond donors (Lipinski definition) is 1. The first-order valence-corrected chi connectivity index (χ1v) is 7.47. The standard InChI is InChI=1S/C15H16ClNS/c1-9-5-6-11(7-12(9)16)15(17)14-8-10-3-2-4-13(10)18-14/h5-8,15H,2-4,17H2,1H3. The molecule has 1 aliphatic rings. The molecule has 3 rings (SSSR count). The lowest BCUT2D eigenvalue weighted by molar-refractivity contribution is 0.881. The van der Waals surface area contributed by atoms with Gasteiger partial charge in [-0.1, -0.05) is 23.7 Å². The molecule has 1 unspecified atom stereocenters. The van der Waals surface area contributed by atoms with E-state index in [9.17, 15) is 0 Å². The van der Waals surface area contributed by atoms with Crippen LogP contribution in [0.3, 0.4) is 0 Å². The highest BCUT2D eigenvalue weighted by molar-refractivity contribution is 7.12. The minimum Gasteiger partial charge on any atom is -0.320 e. The number of rotatable bonds is 2. The monoisotopic (exact) mass is 277 g/mol. The van der Waals surface area contributed by atoms with Gasteiger partial charge in [-0.2, -0.15) is 0 Å². The van der Waals surface area contributed by atoms with Crippen molar-refractivity contribution < 1.29 is 0 Å². The average Bonchev–Trinajstić information content (AvgIpc) is 2.92. The highest BCUT2D eigenvalue weighted by atomic mass is 35.5. The molecule has 0 saturated heterocycles. The molecule has 0 bridgehead atoms. The molecule has 0 aliphatic heterocycles. The summed E-state index contributed by atoms with van der Waals surface area (Å²) in [6.07, 6.45) is 3.74. The Morgan fingerprint density at radius 2 is 2.11 bits per heavy atom. The highest BCUT2D eigenvalue weighted by Crippen LogP contribution is 2.35. The Morgan fingerprint density at radius 1 is 1.28 bits per heavy atom. The fourth-order valence-corrected chi connectivity index (χ4v) is 3.95. The van der Waals surface area contributed by atoms with Crippen molar-refractivity contribution in [3.8, 4) is 0 Å². The third-order valence-electron chi connectivity index (χ3n) is 3.63. The molecule has 3 heteroatoms. The zero-order valence-electron chi connectivity index (χ0n) is 10.4. The van der Waals surface area contributed by atoms with Gasteiger partial charge in [-0.05, 0) is 55.0 Å². The van der Waals surface area contributed by atoms with Crippen LogP contribution in [0.2, 0.25) is 5.02 Å². The third kappa shape index (κ3) is 2.09. The van der Waals surface area contributed by atoms with Gasteiger partial charge in [0.15, 0.2) is 0 Å². The van der Waals surface area contributed by atoms with E-state index in [-0.39, 0.29) is 6.04 Å². The summed E-state index contributed by atoms with van der Waals surface area (Å²) in [5.74, 6) is 0. The van der Waals surface area contributed by atoms with Gasteiger partial charge in [0.25, 0.3) is 0 Å². The number of hydrogen-bond acceptors (Lipinski definition) is 2. The number of nitrogens with two attached hydrogens (primary N) is 1. The molecule has 0 amide bonds. The summed E-state index contributed by atoms with van der Waals surface area (Å²) in [6, 6.07) is 8.35. The van der Waals surface area contributed by atoms with Crippen molar-refractivity contribution in [3.05, 3.63) is 55.7 Å². The van der Waals surface area contributed by atoms with Crippen LogP contribution in [0.1, 0.15) is 38.9 Å². The van der Waals surface area contributed by atoms with Gasteiger partial charge in [0, 0.05) is 14.8 Å². The zero-order valence-corrected chi connectivity index (χ0v) is 11.9. The van der Waals surface area contributed by atoms with Gasteiger partial charge in [-0.3, -0.25) is 0 Å². The summed E-state index contributed by atoms with van der Waals surface area (Å²) in [4.78, 5) is 2.79. The molecular weight excluding hydrogens is 262 g/mol. The van der Waals surface area contributed by atoms with E-state index in [4.69, 9.17) is 17.3 Å². The largest absolute Gasteiger partial charge is 0.320 e. The highest BCUT2D eigenvalue weighted by Gasteiger charge is 2.19. The quantitative estimate of drug-likeness (QED) is 0.873. The van der Waals surface area contributed by atoms with Crippen LogP contribution >= 0.6 is 22.9 Å². The van der Waals surface area contributed by atoms with Crippen LogP contribution in [-0.4, -0.2) is 0 Å². The van der Waals surface area contributed by atoms with Crippen LogP contribution < -0.4 is 5.73 Å². The number of aryl methyl sites for hydroxylation is 3. The van der Waals surface area contributed by atoms with Crippen LogP contribution in [0.15, 0.2) is 24.3 Å². The Bertz CT molecular complexity index is 567. The van der Waals surface area contributed by atoms with Crippen molar-refractivity contribution in [1.82, 2.24) is 0 Å². The van der Waals surface area contributed by atoms with Gasteiger partial charge >= 0.3 is 0 Å². The van der Waals surface area contributed by atoms with Crippen molar-refractivity contribution in [3.63, 3.8) is 0 Å². The second-order valence-electron chi connectivity index (χ2n) is 4.94. The summed E-state index contributed by atoms with van der Waals surface area (Å²) < 4.78 is 0. The van der Waals surface area contributed by atoms with E-state index in [0.29, 0.717) is 0 Å². The van der Waals surface area contributed by atoms with E-state index < -0.39 is 0 Å². The van der Waals surface area contributed by atoms with Crippen LogP contribution in [0.5, 0.6) is 0 Å². The maximum atomic E-state index is 6.35. The molecule has 1 atom stereocenters. The first kappa shape index (κ1) is 12.2. The van der Waals surface area contributed by atoms with Crippen molar-refractivity contribution in [2.75, 3.05) is 0 Å². The molecule has 94 valence electrons. The summed E-state index contributed by atoms with van der Waals surface area (Å²) in [6.45, 7) is 2.01. The molecule has 1 aliphatic carbocycles. The molecule has 0 saturated carbocycles. The van der Waals surface area contributed by atoms with Crippen molar-refractivity contribution in [2.45, 2.75) is 32.2 Å². The molecule has 1 nitrogen and oxygen atoms in total. The summed E-state index contributed by atoms with van der Waals surface area (Å²) in [5, 5.41) is 0.798. The molecular formula is C15H16ClNS. The Labute approximate surface area is 117 Å². The lowest BCUT2D eigenvalue weighted by Crippen LogP contribution is -2.10. The maximum Gasteiger partial charge on any atom is 0.0646 e. The molecule has 1 aromatic carbocycles. The first-order valence-electron chi connectivity index (χ1n) is 6.28. The SMILES string of the molecule is Cc1ccc(C(N)c2cc3c(s2)CCC3)cc1Cl. The van der Waals surface area contributed by atoms with Gasteiger partial charge in [0.1, 0.15) is 0 Å². The van der Waals surface area contributed by atoms with Crippen molar-refractivity contribution >= 4 is 22.9 Å². The topological polar surface area (TPSA) is 26.0 Å². The summed E-state index contributed by atoms with van der Waals surface area (Å²) in [5.41, 5.74) is 10.1. The fraction of sp³-hybridized carbons (Fsp3) is 0.333. The Morgan fingerprint density at radius 3 is 2.83 bits per heavy atom. The Hall–Kier alpha value is -0.830. The Balaban J connectivity index is 1.93. The zero-order chi connectivity index (χ0) is 12.7. The number of thiophene rings is 1. The molecule has 2 N–H and O–H groups in total. The minimum atomic E-state index is -0.0429. The molecule has 0 radical (unpaired) electrons. The van der Waals surface area contributed by atoms with Gasteiger partial charge in [-0.15, -0.1) is 11.3 Å². The second-order valence-corrected chi connectivity index (χ2v) is 6.51. The predicted octanol–water partition coefficient (Wildman–Crippen LogP) is 4.25. The van der Waals surface area contributed by atoms with Crippen LogP contribution in [0.25, 0.3) is 0 Å². The third-order valence-corrected chi connectivity index (χ3v) is 5.35. The fourth-order valence-electron chi connectivity index (χ4n) is 2.47. The van der Waals surface area contributed by atoms with Crippen LogP contribution in [0, 0.1) is 6.92 Å². The average molecular weight is 278 g/mol. The van der Waals surface area contributed by atoms with Gasteiger partial charge < -0.3 is 5.73 Å². The van der Waals surface area contributed by atoms with E-state index in [1.807, 2.05) is 30.4 Å². The summed E-state index contributed by atoms with van der Waals surface area (Å²) >= 11 is 8.04. The number of benzene rings is 1. The second kappa shape index (κ2) is 4.69. The molecule has 18 heavy (non-hydrogen) atoms. The molecule has 2 aromatic rings. The van der Waals surface area contributed by atoms with Crippen molar-refractivity contribution in [1.29, 1.82) is 0 Å². The van der Waals surface area contributed by atoms with Crippen LogP contribution in [0.4, 0.5) is 0 Å². The van der Waals surface area contributed by atoms with Crippen molar-refractivity contribution in [2.24, 2.45) is 5.73 Å². The minimum absolute atomic E-state index is 0.0429. The number of halogens is 1. The predicted molar refractivity (Wildman–Crippen MR) is 78.6 cm³/mol. The van der Waals surface area contributed by atoms with Gasteiger partial charge in [0.2, 0.25) is 0 Å².